The highest BCUT2D eigenvalue weighted by Crippen LogP contribution is 2.11. The average molecular weight is 239 g/mol. The van der Waals surface area contributed by atoms with Crippen molar-refractivity contribution < 1.29 is 4.79 Å². The summed E-state index contributed by atoms with van der Waals surface area (Å²) in [5.41, 5.74) is 2.37. The van der Waals surface area contributed by atoms with E-state index in [1.54, 1.807) is 0 Å². The molecule has 0 fully saturated rings. The van der Waals surface area contributed by atoms with E-state index in [4.69, 9.17) is 0 Å². The molecule has 1 rings (SSSR count). The zero-order valence-electron chi connectivity index (χ0n) is 7.46. The van der Waals surface area contributed by atoms with E-state index in [0.29, 0.717) is 0 Å². The number of rotatable bonds is 3. The molecule has 1 aromatic carbocycles. The summed E-state index contributed by atoms with van der Waals surface area (Å²) in [7, 11) is 0. The monoisotopic (exact) mass is 238 g/mol. The van der Waals surface area contributed by atoms with Gasteiger partial charge in [-0.15, -0.1) is 0 Å². The Hall–Kier alpha value is -0.890. The van der Waals surface area contributed by atoms with Crippen LogP contribution in [0.1, 0.15) is 18.1 Å². The molecular weight excluding hydrogens is 228 g/mol. The van der Waals surface area contributed by atoms with E-state index < -0.39 is 0 Å². The fourth-order valence-corrected chi connectivity index (χ4v) is 1.31. The van der Waals surface area contributed by atoms with Crippen LogP contribution in [0.3, 0.4) is 0 Å². The second-order valence-electron chi connectivity index (χ2n) is 2.69. The van der Waals surface area contributed by atoms with Gasteiger partial charge in [0.25, 0.3) is 0 Å². The van der Waals surface area contributed by atoms with Crippen LogP contribution in [0, 0.1) is 0 Å². The highest BCUT2D eigenvalue weighted by molar-refractivity contribution is 9.18. The summed E-state index contributed by atoms with van der Waals surface area (Å²) >= 11 is 2.85. The van der Waals surface area contributed by atoms with Gasteiger partial charge in [-0.3, -0.25) is 4.79 Å². The summed E-state index contributed by atoms with van der Waals surface area (Å²) in [5, 5.41) is 0. The predicted octanol–water partition coefficient (Wildman–Crippen LogP) is 3.18. The summed E-state index contributed by atoms with van der Waals surface area (Å²) < 4.78 is -0.0987. The molecule has 13 heavy (non-hydrogen) atoms. The van der Waals surface area contributed by atoms with Crippen molar-refractivity contribution in [2.45, 2.75) is 13.3 Å². The van der Waals surface area contributed by atoms with Gasteiger partial charge in [-0.2, -0.15) is 0 Å². The quantitative estimate of drug-likeness (QED) is 0.584. The van der Waals surface area contributed by atoms with Gasteiger partial charge in [0.2, 0.25) is 4.69 Å². The third kappa shape index (κ3) is 3.15. The lowest BCUT2D eigenvalue weighted by Gasteiger charge is -2.00. The van der Waals surface area contributed by atoms with E-state index in [1.807, 2.05) is 24.3 Å². The topological polar surface area (TPSA) is 17.1 Å². The lowest BCUT2D eigenvalue weighted by atomic mass is 10.1. The second kappa shape index (κ2) is 4.97. The number of halogens is 1. The summed E-state index contributed by atoms with van der Waals surface area (Å²) in [4.78, 5) is 10.6. The van der Waals surface area contributed by atoms with Crippen LogP contribution in [0.15, 0.2) is 30.3 Å². The smallest absolute Gasteiger partial charge is 0.220 e. The number of hydrogen-bond acceptors (Lipinski definition) is 1. The SMILES string of the molecule is CCc1ccccc1C=CC(=O)Br. The molecule has 1 aromatic rings. The molecule has 2 heteroatoms. The zero-order valence-corrected chi connectivity index (χ0v) is 9.04. The molecule has 0 saturated carbocycles. The minimum Gasteiger partial charge on any atom is -0.282 e. The van der Waals surface area contributed by atoms with Gasteiger partial charge in [0.1, 0.15) is 0 Å². The summed E-state index contributed by atoms with van der Waals surface area (Å²) in [6.45, 7) is 2.10. The van der Waals surface area contributed by atoms with Crippen LogP contribution in [0.2, 0.25) is 0 Å². The van der Waals surface area contributed by atoms with E-state index in [-0.39, 0.29) is 4.69 Å². The molecule has 0 aliphatic heterocycles. The Morgan fingerprint density at radius 3 is 2.77 bits per heavy atom. The molecule has 68 valence electrons. The largest absolute Gasteiger partial charge is 0.282 e. The van der Waals surface area contributed by atoms with Crippen LogP contribution in [0.25, 0.3) is 6.08 Å². The van der Waals surface area contributed by atoms with E-state index in [2.05, 4.69) is 28.9 Å². The van der Waals surface area contributed by atoms with E-state index in [1.165, 1.54) is 11.6 Å². The molecule has 0 spiro atoms. The van der Waals surface area contributed by atoms with Crippen LogP contribution in [-0.4, -0.2) is 4.69 Å². The normalized spacial score (nSPS) is 10.6. The maximum absolute atomic E-state index is 10.6. The second-order valence-corrected chi connectivity index (χ2v) is 3.47. The van der Waals surface area contributed by atoms with Crippen molar-refractivity contribution in [2.75, 3.05) is 0 Å². The van der Waals surface area contributed by atoms with Gasteiger partial charge in [-0.05, 0) is 39.6 Å². The molecule has 0 aliphatic carbocycles. The highest BCUT2D eigenvalue weighted by atomic mass is 79.9. The minimum atomic E-state index is -0.0987. The van der Waals surface area contributed by atoms with Gasteiger partial charge in [-0.1, -0.05) is 37.3 Å². The lowest BCUT2D eigenvalue weighted by Crippen LogP contribution is -1.85. The van der Waals surface area contributed by atoms with Gasteiger partial charge in [0.15, 0.2) is 0 Å². The number of carbonyl (C=O) groups is 1. The first-order valence-corrected chi connectivity index (χ1v) is 4.98. The van der Waals surface area contributed by atoms with Gasteiger partial charge in [0, 0.05) is 0 Å². The number of aryl methyl sites for hydroxylation is 1. The van der Waals surface area contributed by atoms with Crippen LogP contribution in [0.5, 0.6) is 0 Å². The lowest BCUT2D eigenvalue weighted by molar-refractivity contribution is -0.106. The standard InChI is InChI=1S/C11H11BrO/c1-2-9-5-3-4-6-10(9)7-8-11(12)13/h3-8H,2H2,1H3. The molecule has 0 saturated heterocycles. The molecule has 0 amide bonds. The van der Waals surface area contributed by atoms with Crippen molar-refractivity contribution in [1.29, 1.82) is 0 Å². The number of allylic oxidation sites excluding steroid dienone is 1. The Balaban J connectivity index is 2.93. The Kier molecular flexibility index (Phi) is 3.90. The number of hydrogen-bond donors (Lipinski definition) is 0. The summed E-state index contributed by atoms with van der Waals surface area (Å²) in [6, 6.07) is 8.05. The maximum Gasteiger partial charge on any atom is 0.220 e. The van der Waals surface area contributed by atoms with Crippen LogP contribution >= 0.6 is 15.9 Å². The predicted molar refractivity (Wildman–Crippen MR) is 58.8 cm³/mol. The molecule has 0 radical (unpaired) electrons. The average Bonchev–Trinajstić information content (AvgIpc) is 2.15. The maximum atomic E-state index is 10.6. The fraction of sp³-hybridized carbons (Fsp3) is 0.182. The van der Waals surface area contributed by atoms with Crippen molar-refractivity contribution in [2.24, 2.45) is 0 Å². The van der Waals surface area contributed by atoms with E-state index >= 15 is 0 Å². The zero-order chi connectivity index (χ0) is 9.68. The van der Waals surface area contributed by atoms with Crippen molar-refractivity contribution in [1.82, 2.24) is 0 Å². The van der Waals surface area contributed by atoms with Gasteiger partial charge < -0.3 is 0 Å². The van der Waals surface area contributed by atoms with Crippen molar-refractivity contribution >= 4 is 26.7 Å². The van der Waals surface area contributed by atoms with Crippen molar-refractivity contribution in [3.8, 4) is 0 Å². The van der Waals surface area contributed by atoms with Crippen molar-refractivity contribution in [3.63, 3.8) is 0 Å². The van der Waals surface area contributed by atoms with Crippen LogP contribution in [-0.2, 0) is 11.2 Å². The van der Waals surface area contributed by atoms with Gasteiger partial charge in [0.05, 0.1) is 0 Å². The Labute approximate surface area is 86.6 Å². The molecule has 0 heterocycles. The molecule has 0 bridgehead atoms. The fourth-order valence-electron chi connectivity index (χ4n) is 1.17. The molecule has 0 atom stereocenters. The molecule has 1 nitrogen and oxygen atoms in total. The Morgan fingerprint density at radius 2 is 2.15 bits per heavy atom. The summed E-state index contributed by atoms with van der Waals surface area (Å²) in [6.07, 6.45) is 4.33. The molecular formula is C11H11BrO. The third-order valence-electron chi connectivity index (χ3n) is 1.83. The molecule has 0 aromatic heterocycles. The van der Waals surface area contributed by atoms with E-state index in [0.717, 1.165) is 12.0 Å². The van der Waals surface area contributed by atoms with Crippen molar-refractivity contribution in [3.05, 3.63) is 41.5 Å². The molecule has 0 unspecified atom stereocenters. The first-order chi connectivity index (χ1) is 6.24. The molecule has 0 aliphatic rings. The third-order valence-corrected chi connectivity index (χ3v) is 2.09. The Morgan fingerprint density at radius 1 is 1.46 bits per heavy atom. The highest BCUT2D eigenvalue weighted by Gasteiger charge is 1.95. The number of carbonyl (C=O) groups excluding carboxylic acids is 1. The van der Waals surface area contributed by atoms with Crippen LogP contribution < -0.4 is 0 Å². The summed E-state index contributed by atoms with van der Waals surface area (Å²) in [5.74, 6) is 0. The first kappa shape index (κ1) is 10.2. The Bertz CT molecular complexity index is 329. The minimum absolute atomic E-state index is 0.0987. The number of benzene rings is 1. The van der Waals surface area contributed by atoms with Crippen LogP contribution in [0.4, 0.5) is 0 Å². The molecule has 0 N–H and O–H groups in total. The van der Waals surface area contributed by atoms with Gasteiger partial charge in [-0.25, -0.2) is 0 Å². The first-order valence-electron chi connectivity index (χ1n) is 4.19. The van der Waals surface area contributed by atoms with E-state index in [9.17, 15) is 4.79 Å². The van der Waals surface area contributed by atoms with Gasteiger partial charge >= 0.3 is 0 Å².